The van der Waals surface area contributed by atoms with E-state index in [0.29, 0.717) is 65.6 Å². The highest BCUT2D eigenvalue weighted by molar-refractivity contribution is 5.47. The van der Waals surface area contributed by atoms with E-state index in [9.17, 15) is 0 Å². The maximum Gasteiger partial charge on any atom is 0.0685 e. The first kappa shape index (κ1) is 73.6. The Kier molecular flexibility index (Phi) is 31.6. The first-order chi connectivity index (χ1) is 39.9. The van der Waals surface area contributed by atoms with Gasteiger partial charge in [0.25, 0.3) is 0 Å². The van der Waals surface area contributed by atoms with Crippen molar-refractivity contribution < 1.29 is 19.4 Å². The molecule has 0 radical (unpaired) electrons. The Labute approximate surface area is 522 Å². The number of hydrogen-bond donors (Lipinski definition) is 0. The van der Waals surface area contributed by atoms with E-state index in [1.165, 1.54) is 128 Å². The number of hydroxylamine groups is 8. The first-order valence-corrected chi connectivity index (χ1v) is 36.8. The molecule has 0 amide bonds. The zero-order valence-electron chi connectivity index (χ0n) is 59.4. The van der Waals surface area contributed by atoms with E-state index in [1.807, 2.05) is 0 Å². The SMILES string of the molecule is CCCCCCCCON1C(C)CC(c2cc(C3CC(C(C)C)N(OCCCCCCCC)C(C)(C)C3)c(C3CC(C(C)C)N(OCCCCCCCC)C(C)(C)C3)cc2C2CC(C(C)C)N(OCCCCCCCC)C(C)(C)C2)CC1(C)C. The van der Waals surface area contributed by atoms with Crippen LogP contribution in [0.25, 0.3) is 0 Å². The summed E-state index contributed by atoms with van der Waals surface area (Å²) in [7, 11) is 0. The quantitative estimate of drug-likeness (QED) is 0.0605. The van der Waals surface area contributed by atoms with Gasteiger partial charge in [0.05, 0.1) is 26.4 Å². The number of rotatable bonds is 39. The molecule has 490 valence electrons. The minimum Gasteiger partial charge on any atom is -0.298 e. The predicted octanol–water partition coefficient (Wildman–Crippen LogP) is 22.1. The van der Waals surface area contributed by atoms with Crippen LogP contribution in [0.2, 0.25) is 0 Å². The fourth-order valence-corrected chi connectivity index (χ4v) is 16.7. The maximum absolute atomic E-state index is 7.07. The van der Waals surface area contributed by atoms with Crippen LogP contribution in [0, 0.1) is 17.8 Å². The van der Waals surface area contributed by atoms with Crippen molar-refractivity contribution in [3.8, 4) is 0 Å². The van der Waals surface area contributed by atoms with Crippen LogP contribution in [0.5, 0.6) is 0 Å². The largest absolute Gasteiger partial charge is 0.298 e. The van der Waals surface area contributed by atoms with Crippen molar-refractivity contribution in [2.24, 2.45) is 17.8 Å². The molecule has 8 heteroatoms. The van der Waals surface area contributed by atoms with E-state index in [4.69, 9.17) is 19.4 Å². The Morgan fingerprint density at radius 3 is 0.786 bits per heavy atom. The second-order valence-corrected chi connectivity index (χ2v) is 31.9. The number of unbranched alkanes of at least 4 members (excludes halogenated alkanes) is 20. The van der Waals surface area contributed by atoms with Gasteiger partial charge in [-0.3, -0.25) is 19.4 Å². The Balaban J connectivity index is 1.65. The molecule has 4 saturated heterocycles. The monoisotopic (exact) mass is 1180 g/mol. The minimum absolute atomic E-state index is 0.103. The Morgan fingerprint density at radius 1 is 0.333 bits per heavy atom. The van der Waals surface area contributed by atoms with Crippen molar-refractivity contribution in [1.29, 1.82) is 0 Å². The predicted molar refractivity (Wildman–Crippen MR) is 361 cm³/mol. The summed E-state index contributed by atoms with van der Waals surface area (Å²) in [6.45, 7) is 50.0. The molecule has 0 N–H and O–H groups in total. The molecule has 4 fully saturated rings. The Bertz CT molecular complexity index is 1950. The van der Waals surface area contributed by atoms with Gasteiger partial charge in [-0.25, -0.2) is 0 Å². The van der Waals surface area contributed by atoms with Crippen molar-refractivity contribution in [3.05, 3.63) is 34.4 Å². The third-order valence-corrected chi connectivity index (χ3v) is 21.1. The van der Waals surface area contributed by atoms with Crippen molar-refractivity contribution in [2.45, 2.75) is 407 Å². The molecule has 1 aromatic carbocycles. The van der Waals surface area contributed by atoms with E-state index in [1.54, 1.807) is 22.3 Å². The summed E-state index contributed by atoms with van der Waals surface area (Å²) < 4.78 is 0. The number of hydrogen-bond acceptors (Lipinski definition) is 8. The van der Waals surface area contributed by atoms with Crippen LogP contribution < -0.4 is 0 Å². The molecule has 0 aromatic heterocycles. The molecule has 5 rings (SSSR count). The van der Waals surface area contributed by atoms with Gasteiger partial charge < -0.3 is 0 Å². The summed E-state index contributed by atoms with van der Waals surface area (Å²) >= 11 is 0. The fraction of sp³-hybridized carbons (Fsp3) is 0.921. The highest BCUT2D eigenvalue weighted by Gasteiger charge is 2.50. The second kappa shape index (κ2) is 36.1. The highest BCUT2D eigenvalue weighted by atomic mass is 16.7. The van der Waals surface area contributed by atoms with Crippen molar-refractivity contribution >= 4 is 0 Å². The van der Waals surface area contributed by atoms with E-state index >= 15 is 0 Å². The van der Waals surface area contributed by atoms with Crippen molar-refractivity contribution in [3.63, 3.8) is 0 Å². The third-order valence-electron chi connectivity index (χ3n) is 21.1. The molecule has 0 aliphatic carbocycles. The van der Waals surface area contributed by atoms with Crippen LogP contribution in [-0.4, -0.2) is 93.0 Å². The van der Waals surface area contributed by atoms with E-state index in [2.05, 4.69) is 164 Å². The topological polar surface area (TPSA) is 49.9 Å². The molecule has 0 bridgehead atoms. The van der Waals surface area contributed by atoms with Crippen LogP contribution >= 0.6 is 0 Å². The zero-order valence-corrected chi connectivity index (χ0v) is 59.4. The normalized spacial score (nSPS) is 27.0. The summed E-state index contributed by atoms with van der Waals surface area (Å²) in [5, 5.41) is 10.0. The molecule has 8 unspecified atom stereocenters. The molecule has 0 saturated carbocycles. The standard InChI is InChI=1S/C76H142N4O4/c1-20-24-28-32-36-40-44-81-77-61(11)48-62(54-73(77,12)13)66-52-68(64-50-71(59(7)8)79(75(16,17)56-64)83-46-42-38-34-30-26-22-3)69(65-51-72(60(9)10)80(76(18,19)57-65)84-47-43-39-35-31-27-23-4)53-67(66)63-49-70(58(5)6)78(74(14,15)55-63)82-45-41-37-33-29-25-21-2/h52-53,58-65,70-72H,20-51,54-57H2,1-19H3. The minimum atomic E-state index is -0.116. The van der Waals surface area contributed by atoms with Gasteiger partial charge in [0, 0.05) is 46.3 Å². The average molecular weight is 1180 g/mol. The van der Waals surface area contributed by atoms with Crippen LogP contribution in [0.15, 0.2) is 12.1 Å². The zero-order chi connectivity index (χ0) is 61.7. The first-order valence-electron chi connectivity index (χ1n) is 36.8. The van der Waals surface area contributed by atoms with Crippen LogP contribution in [-0.2, 0) is 19.4 Å². The molecular formula is C76H142N4O4. The summed E-state index contributed by atoms with van der Waals surface area (Å²) in [5.41, 5.74) is 6.21. The van der Waals surface area contributed by atoms with E-state index in [0.717, 1.165) is 103 Å². The molecule has 4 aliphatic heterocycles. The van der Waals surface area contributed by atoms with Crippen molar-refractivity contribution in [2.75, 3.05) is 26.4 Å². The average Bonchev–Trinajstić information content (AvgIpc) is 1.06. The molecular weight excluding hydrogens is 1030 g/mol. The number of benzene rings is 1. The smallest absolute Gasteiger partial charge is 0.0685 e. The van der Waals surface area contributed by atoms with Gasteiger partial charge in [0.1, 0.15) is 0 Å². The lowest BCUT2D eigenvalue weighted by Crippen LogP contribution is -2.57. The van der Waals surface area contributed by atoms with Gasteiger partial charge in [0.15, 0.2) is 0 Å². The van der Waals surface area contributed by atoms with Gasteiger partial charge in [0.2, 0.25) is 0 Å². The lowest BCUT2D eigenvalue weighted by atomic mass is 9.65. The lowest BCUT2D eigenvalue weighted by molar-refractivity contribution is -0.265. The van der Waals surface area contributed by atoms with Crippen LogP contribution in [0.3, 0.4) is 0 Å². The Hall–Kier alpha value is -1.10. The Morgan fingerprint density at radius 2 is 0.548 bits per heavy atom. The molecule has 4 aliphatic rings. The maximum atomic E-state index is 7.07. The number of nitrogens with zero attached hydrogens (tertiary/aromatic N) is 4. The fourth-order valence-electron chi connectivity index (χ4n) is 16.7. The second-order valence-electron chi connectivity index (χ2n) is 31.9. The molecule has 1 aromatic rings. The number of piperidine rings is 4. The molecule has 4 heterocycles. The molecule has 84 heavy (non-hydrogen) atoms. The molecule has 0 spiro atoms. The summed E-state index contributed by atoms with van der Waals surface area (Å²) in [4.78, 5) is 28.1. The van der Waals surface area contributed by atoms with Crippen molar-refractivity contribution in [1.82, 2.24) is 20.3 Å². The van der Waals surface area contributed by atoms with E-state index in [-0.39, 0.29) is 22.2 Å². The van der Waals surface area contributed by atoms with Gasteiger partial charge in [-0.15, -0.1) is 0 Å². The highest BCUT2D eigenvalue weighted by Crippen LogP contribution is 2.54. The van der Waals surface area contributed by atoms with Crippen LogP contribution in [0.4, 0.5) is 0 Å². The van der Waals surface area contributed by atoms with Gasteiger partial charge in [-0.05, 0) is 203 Å². The summed E-state index contributed by atoms with van der Waals surface area (Å²) in [6, 6.07) is 7.19. The third kappa shape index (κ3) is 21.5. The summed E-state index contributed by atoms with van der Waals surface area (Å²) in [5.74, 6) is 3.13. The van der Waals surface area contributed by atoms with Gasteiger partial charge in [-0.2, -0.15) is 20.3 Å². The molecule has 8 nitrogen and oxygen atoms in total. The van der Waals surface area contributed by atoms with Crippen LogP contribution in [0.1, 0.15) is 383 Å². The van der Waals surface area contributed by atoms with Gasteiger partial charge in [-0.1, -0.05) is 210 Å². The lowest BCUT2D eigenvalue weighted by Gasteiger charge is -2.54. The van der Waals surface area contributed by atoms with Gasteiger partial charge >= 0.3 is 0 Å². The van der Waals surface area contributed by atoms with E-state index < -0.39 is 0 Å². The summed E-state index contributed by atoms with van der Waals surface area (Å²) in [6.07, 6.45) is 39.7. The molecule has 8 atom stereocenters.